The lowest BCUT2D eigenvalue weighted by atomic mass is 10.3. The van der Waals surface area contributed by atoms with Gasteiger partial charge in [0.2, 0.25) is 5.39 Å². The molecule has 9 nitrogen and oxygen atoms in total. The van der Waals surface area contributed by atoms with Gasteiger partial charge in [0.25, 0.3) is 5.69 Å². The molecule has 0 fully saturated rings. The molecule has 0 bridgehead atoms. The van der Waals surface area contributed by atoms with Crippen molar-refractivity contribution in [2.24, 2.45) is 0 Å². The van der Waals surface area contributed by atoms with Crippen molar-refractivity contribution in [3.05, 3.63) is 38.3 Å². The number of rotatable bonds is 1. The Bertz CT molecular complexity index is 558. The van der Waals surface area contributed by atoms with Crippen LogP contribution >= 0.6 is 11.6 Å². The first-order valence-electron chi connectivity index (χ1n) is 3.61. The van der Waals surface area contributed by atoms with Gasteiger partial charge in [-0.15, -0.1) is 0 Å². The van der Waals surface area contributed by atoms with Crippen LogP contribution in [0.4, 0.5) is 11.4 Å². The highest BCUT2D eigenvalue weighted by Gasteiger charge is 2.16. The van der Waals surface area contributed by atoms with Crippen LogP contribution in [0.15, 0.2) is 18.2 Å². The van der Waals surface area contributed by atoms with E-state index in [0.717, 1.165) is 6.07 Å². The Morgan fingerprint density at radius 2 is 1.82 bits per heavy atom. The Morgan fingerprint density at radius 3 is 2.12 bits per heavy atom. The summed E-state index contributed by atoms with van der Waals surface area (Å²) in [6, 6.07) is 3.60. The number of benzene rings is 1. The smallest absolute Gasteiger partial charge is 0.403 e. The van der Waals surface area contributed by atoms with Crippen molar-refractivity contribution in [2.45, 2.75) is 0 Å². The van der Waals surface area contributed by atoms with Crippen LogP contribution in [0.5, 0.6) is 0 Å². The van der Waals surface area contributed by atoms with Gasteiger partial charge in [0.15, 0.2) is 4.98 Å². The number of halogens is 1. The Labute approximate surface area is 100.0 Å². The highest BCUT2D eigenvalue weighted by Crippen LogP contribution is 2.28. The first kappa shape index (κ1) is 15.2. The van der Waals surface area contributed by atoms with Gasteiger partial charge < -0.3 is 9.11 Å². The van der Waals surface area contributed by atoms with Crippen LogP contribution in [0, 0.1) is 15.5 Å². The van der Waals surface area contributed by atoms with Gasteiger partial charge >= 0.3 is 5.69 Å². The number of hydrogen-bond donors (Lipinski definition) is 0. The van der Waals surface area contributed by atoms with Crippen LogP contribution in [0.2, 0.25) is 5.02 Å². The Balaban J connectivity index is 0.000000437. The summed E-state index contributed by atoms with van der Waals surface area (Å²) in [4.78, 5) is 12.4. The summed E-state index contributed by atoms with van der Waals surface area (Å²) in [5.41, 5.74) is -0.0188. The van der Waals surface area contributed by atoms with Crippen molar-refractivity contribution >= 4 is 33.4 Å². The minimum absolute atomic E-state index is 0.0479. The predicted molar refractivity (Wildman–Crippen MR) is 53.3 cm³/mol. The van der Waals surface area contributed by atoms with Crippen molar-refractivity contribution in [3.63, 3.8) is 0 Å². The van der Waals surface area contributed by atoms with E-state index in [9.17, 15) is 10.1 Å². The van der Waals surface area contributed by atoms with E-state index in [1.807, 2.05) is 0 Å². The van der Waals surface area contributed by atoms with Gasteiger partial charge in [-0.25, -0.2) is 0 Å². The van der Waals surface area contributed by atoms with Crippen LogP contribution in [0.1, 0.15) is 0 Å². The molecule has 92 valence electrons. The molecule has 0 spiro atoms. The quantitative estimate of drug-likeness (QED) is 0.248. The molecule has 11 heteroatoms. The minimum atomic E-state index is -5.17. The fourth-order valence-corrected chi connectivity index (χ4v) is 0.903. The fourth-order valence-electron chi connectivity index (χ4n) is 0.690. The molecule has 1 rings (SSSR count). The summed E-state index contributed by atoms with van der Waals surface area (Å²) >= 11 is 5.52. The lowest BCUT2D eigenvalue weighted by Gasteiger charge is -2.06. The topological polar surface area (TPSA) is 152 Å². The molecule has 17 heavy (non-hydrogen) atoms. The highest BCUT2D eigenvalue weighted by atomic mass is 35.5. The van der Waals surface area contributed by atoms with Crippen LogP contribution in [-0.2, 0) is 10.4 Å². The second-order valence-corrected chi connectivity index (χ2v) is 3.62. The number of non-ortho nitro benzene ring substituents is 1. The number of diazo groups is 1. The van der Waals surface area contributed by atoms with E-state index in [1.165, 1.54) is 12.1 Å². The molecule has 0 amide bonds. The SMILES string of the molecule is N#[N+]c1ccc([N+](=O)[O-])cc1Cl.O=S(=O)([O-])[O-]. The molecule has 0 aliphatic carbocycles. The lowest BCUT2D eigenvalue weighted by molar-refractivity contribution is -0.384. The molecule has 0 N–H and O–H groups in total. The average Bonchev–Trinajstić information content (AvgIpc) is 2.14. The first-order chi connectivity index (χ1) is 7.65. The Morgan fingerprint density at radius 1 is 1.35 bits per heavy atom. The fraction of sp³-hybridized carbons (Fsp3) is 0. The van der Waals surface area contributed by atoms with Gasteiger partial charge in [-0.1, -0.05) is 11.6 Å². The second-order valence-electron chi connectivity index (χ2n) is 2.40. The van der Waals surface area contributed by atoms with Crippen molar-refractivity contribution in [3.8, 4) is 0 Å². The molecular weight excluding hydrogens is 278 g/mol. The molecule has 0 aliphatic heterocycles. The predicted octanol–water partition coefficient (Wildman–Crippen LogP) is 1.39. The Kier molecular flexibility index (Phi) is 5.42. The second kappa shape index (κ2) is 6.06. The minimum Gasteiger partial charge on any atom is -0.759 e. The van der Waals surface area contributed by atoms with Crippen LogP contribution in [-0.4, -0.2) is 22.4 Å². The summed E-state index contributed by atoms with van der Waals surface area (Å²) in [5.74, 6) is 0. The molecule has 0 unspecified atom stereocenters. The van der Waals surface area contributed by atoms with Gasteiger partial charge in [0, 0.05) is 28.6 Å². The maximum absolute atomic E-state index is 10.2. The average molecular weight is 281 g/mol. The standard InChI is InChI=1S/C6H3ClN3O2.H2O4S/c7-5-3-4(10(11)12)1-2-6(5)9-8;1-5(2,3)4/h1-3H;(H2,1,2,3,4)/q+1;/p-2. The van der Waals surface area contributed by atoms with E-state index in [0.29, 0.717) is 0 Å². The summed E-state index contributed by atoms with van der Waals surface area (Å²) in [7, 11) is -5.17. The molecule has 0 radical (unpaired) electrons. The molecule has 0 saturated heterocycles. The van der Waals surface area contributed by atoms with E-state index >= 15 is 0 Å². The van der Waals surface area contributed by atoms with E-state index in [1.54, 1.807) is 0 Å². The zero-order chi connectivity index (χ0) is 13.6. The lowest BCUT2D eigenvalue weighted by Crippen LogP contribution is -1.91. The largest absolute Gasteiger partial charge is 0.759 e. The molecule has 0 heterocycles. The third-order valence-corrected chi connectivity index (χ3v) is 1.55. The third kappa shape index (κ3) is 7.14. The maximum Gasteiger partial charge on any atom is 0.403 e. The van der Waals surface area contributed by atoms with E-state index < -0.39 is 15.3 Å². The summed E-state index contributed by atoms with van der Waals surface area (Å²) < 4.78 is 34.1. The Hall–Kier alpha value is -1.80. The molecule has 0 aliphatic rings. The third-order valence-electron chi connectivity index (χ3n) is 1.25. The maximum atomic E-state index is 10.2. The molecular formula is C6H3ClN3O6S-. The van der Waals surface area contributed by atoms with Crippen molar-refractivity contribution < 1.29 is 22.4 Å². The van der Waals surface area contributed by atoms with Crippen LogP contribution < -0.4 is 0 Å². The summed E-state index contributed by atoms with van der Waals surface area (Å²) in [5, 5.41) is 18.6. The monoisotopic (exact) mass is 280 g/mol. The van der Waals surface area contributed by atoms with Crippen molar-refractivity contribution in [1.82, 2.24) is 0 Å². The summed E-state index contributed by atoms with van der Waals surface area (Å²) in [6.45, 7) is 0. The number of nitro benzene ring substituents is 1. The zero-order valence-corrected chi connectivity index (χ0v) is 9.38. The van der Waals surface area contributed by atoms with Gasteiger partial charge in [0.05, 0.1) is 4.92 Å². The number of nitrogens with zero attached hydrogens (tertiary/aromatic N) is 3. The molecule has 1 aromatic carbocycles. The van der Waals surface area contributed by atoms with Gasteiger partial charge in [-0.2, -0.15) is 0 Å². The number of hydrogen-bond acceptors (Lipinski definition) is 7. The molecule has 0 saturated carbocycles. The normalized spacial score (nSPS) is 9.76. The zero-order valence-electron chi connectivity index (χ0n) is 7.81. The molecule has 0 aromatic heterocycles. The van der Waals surface area contributed by atoms with Crippen molar-refractivity contribution in [1.29, 1.82) is 5.39 Å². The van der Waals surface area contributed by atoms with Crippen LogP contribution in [0.25, 0.3) is 4.98 Å². The molecule has 0 atom stereocenters. The van der Waals surface area contributed by atoms with E-state index in [-0.39, 0.29) is 16.4 Å². The van der Waals surface area contributed by atoms with Crippen LogP contribution in [0.3, 0.4) is 0 Å². The molecule has 1 aromatic rings. The summed E-state index contributed by atoms with van der Waals surface area (Å²) in [6.07, 6.45) is 0. The van der Waals surface area contributed by atoms with Gasteiger partial charge in [-0.05, 0) is 0 Å². The van der Waals surface area contributed by atoms with Gasteiger partial charge in [-0.3, -0.25) is 18.5 Å². The number of nitro groups is 1. The van der Waals surface area contributed by atoms with Crippen molar-refractivity contribution in [2.75, 3.05) is 0 Å². The van der Waals surface area contributed by atoms with E-state index in [2.05, 4.69) is 4.98 Å². The highest BCUT2D eigenvalue weighted by molar-refractivity contribution is 7.79. The van der Waals surface area contributed by atoms with Gasteiger partial charge in [0.1, 0.15) is 5.02 Å². The first-order valence-corrected chi connectivity index (χ1v) is 5.32. The van der Waals surface area contributed by atoms with E-state index in [4.69, 9.17) is 34.5 Å².